The van der Waals surface area contributed by atoms with Gasteiger partial charge in [-0.05, 0) is 18.3 Å². The van der Waals surface area contributed by atoms with Crippen LogP contribution in [-0.2, 0) is 0 Å². The molecule has 3 rings (SSSR count). The van der Waals surface area contributed by atoms with Gasteiger partial charge in [-0.3, -0.25) is 4.90 Å². The van der Waals surface area contributed by atoms with Crippen molar-refractivity contribution in [2.24, 2.45) is 11.8 Å². The van der Waals surface area contributed by atoms with E-state index in [9.17, 15) is 4.79 Å². The number of carboxylic acid groups (broad SMARTS) is 1. The van der Waals surface area contributed by atoms with Gasteiger partial charge in [-0.15, -0.1) is 0 Å². The topological polar surface area (TPSA) is 52.6 Å². The normalized spacial score (nSPS) is 48.8. The van der Waals surface area contributed by atoms with Crippen LogP contribution in [0.2, 0.25) is 0 Å². The van der Waals surface area contributed by atoms with Crippen molar-refractivity contribution in [3.05, 3.63) is 0 Å². The van der Waals surface area contributed by atoms with Crippen LogP contribution in [0.15, 0.2) is 0 Å². The maximum atomic E-state index is 10.9. The van der Waals surface area contributed by atoms with Gasteiger partial charge in [0.25, 0.3) is 0 Å². The molecule has 0 aromatic carbocycles. The van der Waals surface area contributed by atoms with Crippen LogP contribution in [0, 0.1) is 11.8 Å². The van der Waals surface area contributed by atoms with Crippen LogP contribution in [0.5, 0.6) is 0 Å². The summed E-state index contributed by atoms with van der Waals surface area (Å²) in [6, 6.07) is 0.567. The fourth-order valence-corrected chi connectivity index (χ4v) is 2.94. The summed E-state index contributed by atoms with van der Waals surface area (Å²) in [5.74, 6) is 1.36. The second kappa shape index (κ2) is 1.93. The Morgan fingerprint density at radius 2 is 1.92 bits per heavy atom. The Bertz CT molecular complexity index is 227. The molecule has 2 bridgehead atoms. The molecule has 0 spiro atoms. The number of piperazine rings is 1. The summed E-state index contributed by atoms with van der Waals surface area (Å²) in [6.07, 6.45) is 0.541. The Hall–Kier alpha value is -0.770. The second-order valence-corrected chi connectivity index (χ2v) is 4.05. The summed E-state index contributed by atoms with van der Waals surface area (Å²) in [7, 11) is 0. The summed E-state index contributed by atoms with van der Waals surface area (Å²) >= 11 is 0. The molecular weight excluding hydrogens is 156 g/mol. The first kappa shape index (κ1) is 6.71. The highest BCUT2D eigenvalue weighted by Crippen LogP contribution is 2.54. The molecule has 12 heavy (non-hydrogen) atoms. The SMILES string of the molecule is O=C(O)N1[C@@H]2CNC[C@H]1[C@H]1C[C@H]12. The van der Waals surface area contributed by atoms with Crippen LogP contribution in [-0.4, -0.2) is 41.3 Å². The van der Waals surface area contributed by atoms with Crippen molar-refractivity contribution in [3.8, 4) is 0 Å². The molecule has 66 valence electrons. The minimum absolute atomic E-state index is 0.284. The molecule has 4 heteroatoms. The molecule has 2 heterocycles. The van der Waals surface area contributed by atoms with E-state index >= 15 is 0 Å². The highest BCUT2D eigenvalue weighted by Gasteiger charge is 2.61. The lowest BCUT2D eigenvalue weighted by atomic mass is 10.1. The summed E-state index contributed by atoms with van der Waals surface area (Å²) in [6.45, 7) is 1.73. The number of amides is 1. The third-order valence-corrected chi connectivity index (χ3v) is 3.52. The predicted octanol–water partition coefficient (Wildman–Crippen LogP) is -0.0435. The van der Waals surface area contributed by atoms with Gasteiger partial charge in [0.05, 0.1) is 12.1 Å². The van der Waals surface area contributed by atoms with Crippen molar-refractivity contribution in [3.63, 3.8) is 0 Å². The van der Waals surface area contributed by atoms with Gasteiger partial charge in [-0.25, -0.2) is 4.79 Å². The van der Waals surface area contributed by atoms with Gasteiger partial charge in [0, 0.05) is 13.1 Å². The largest absolute Gasteiger partial charge is 0.465 e. The maximum Gasteiger partial charge on any atom is 0.407 e. The van der Waals surface area contributed by atoms with E-state index in [1.54, 1.807) is 4.90 Å². The van der Waals surface area contributed by atoms with Gasteiger partial charge in [-0.2, -0.15) is 0 Å². The van der Waals surface area contributed by atoms with Gasteiger partial charge in [0.2, 0.25) is 0 Å². The van der Waals surface area contributed by atoms with Crippen LogP contribution in [0.3, 0.4) is 0 Å². The number of rotatable bonds is 0. The van der Waals surface area contributed by atoms with E-state index in [-0.39, 0.29) is 12.1 Å². The Morgan fingerprint density at radius 1 is 1.33 bits per heavy atom. The molecular formula is C8H12N2O2. The molecule has 4 atom stereocenters. The first-order valence-corrected chi connectivity index (χ1v) is 4.51. The number of nitrogens with zero attached hydrogens (tertiary/aromatic N) is 1. The van der Waals surface area contributed by atoms with Crippen LogP contribution in [0.1, 0.15) is 6.42 Å². The minimum Gasteiger partial charge on any atom is -0.465 e. The van der Waals surface area contributed by atoms with Crippen molar-refractivity contribution in [1.82, 2.24) is 10.2 Å². The van der Waals surface area contributed by atoms with Crippen LogP contribution < -0.4 is 5.32 Å². The van der Waals surface area contributed by atoms with Crippen LogP contribution in [0.25, 0.3) is 0 Å². The Morgan fingerprint density at radius 3 is 2.33 bits per heavy atom. The van der Waals surface area contributed by atoms with Crippen LogP contribution >= 0.6 is 0 Å². The van der Waals surface area contributed by atoms with Gasteiger partial charge in [0.15, 0.2) is 0 Å². The number of nitrogens with one attached hydrogen (secondary N) is 1. The summed E-state index contributed by atoms with van der Waals surface area (Å²) in [5.41, 5.74) is 0. The van der Waals surface area contributed by atoms with E-state index in [1.165, 1.54) is 6.42 Å². The van der Waals surface area contributed by atoms with Crippen molar-refractivity contribution >= 4 is 6.09 Å². The Kier molecular flexibility index (Phi) is 1.08. The van der Waals surface area contributed by atoms with Crippen molar-refractivity contribution in [1.29, 1.82) is 0 Å². The zero-order chi connectivity index (χ0) is 8.29. The van der Waals surface area contributed by atoms with E-state index in [0.29, 0.717) is 11.8 Å². The molecule has 0 aromatic heterocycles. The van der Waals surface area contributed by atoms with Crippen molar-refractivity contribution in [2.45, 2.75) is 18.5 Å². The predicted molar refractivity (Wildman–Crippen MR) is 41.9 cm³/mol. The molecule has 2 N–H and O–H groups in total. The number of hydrogen-bond acceptors (Lipinski definition) is 2. The molecule has 2 aliphatic heterocycles. The van der Waals surface area contributed by atoms with Crippen LogP contribution in [0.4, 0.5) is 4.79 Å². The van der Waals surface area contributed by atoms with Gasteiger partial charge in [0.1, 0.15) is 0 Å². The summed E-state index contributed by atoms with van der Waals surface area (Å²) in [5, 5.41) is 12.2. The fourth-order valence-electron chi connectivity index (χ4n) is 2.94. The molecule has 1 saturated carbocycles. The van der Waals surface area contributed by atoms with E-state index < -0.39 is 6.09 Å². The Labute approximate surface area is 70.5 Å². The molecule has 1 amide bonds. The lowest BCUT2D eigenvalue weighted by molar-refractivity contribution is 0.0935. The zero-order valence-corrected chi connectivity index (χ0v) is 6.73. The summed E-state index contributed by atoms with van der Waals surface area (Å²) in [4.78, 5) is 12.6. The Balaban J connectivity index is 1.92. The highest BCUT2D eigenvalue weighted by atomic mass is 16.4. The molecule has 4 nitrogen and oxygen atoms in total. The maximum absolute atomic E-state index is 10.9. The molecule has 0 aromatic rings. The number of hydrogen-bond donors (Lipinski definition) is 2. The standard InChI is InChI=1S/C8H12N2O2/c11-8(12)10-6-2-9-3-7(10)5-1-4(5)6/h4-7,9H,1-3H2,(H,11,12)/t4-,5+,6-,7+. The molecule has 3 fully saturated rings. The monoisotopic (exact) mass is 168 g/mol. The molecule has 2 saturated heterocycles. The van der Waals surface area contributed by atoms with E-state index in [1.807, 2.05) is 0 Å². The van der Waals surface area contributed by atoms with E-state index in [4.69, 9.17) is 5.11 Å². The van der Waals surface area contributed by atoms with Gasteiger partial charge >= 0.3 is 6.09 Å². The molecule has 3 aliphatic rings. The highest BCUT2D eigenvalue weighted by molar-refractivity contribution is 5.67. The third kappa shape index (κ3) is 0.641. The quantitative estimate of drug-likeness (QED) is 0.533. The number of fused-ring (bicyclic) bond motifs is 5. The third-order valence-electron chi connectivity index (χ3n) is 3.52. The first-order valence-electron chi connectivity index (χ1n) is 4.51. The average molecular weight is 168 g/mol. The van der Waals surface area contributed by atoms with Gasteiger partial charge < -0.3 is 10.4 Å². The van der Waals surface area contributed by atoms with Gasteiger partial charge in [-0.1, -0.05) is 0 Å². The fraction of sp³-hybridized carbons (Fsp3) is 0.875. The number of carbonyl (C=O) groups is 1. The van der Waals surface area contributed by atoms with E-state index in [0.717, 1.165) is 13.1 Å². The van der Waals surface area contributed by atoms with Crippen molar-refractivity contribution in [2.75, 3.05) is 13.1 Å². The van der Waals surface area contributed by atoms with E-state index in [2.05, 4.69) is 5.32 Å². The lowest BCUT2D eigenvalue weighted by Gasteiger charge is -2.35. The van der Waals surface area contributed by atoms with Crippen molar-refractivity contribution < 1.29 is 9.90 Å². The zero-order valence-electron chi connectivity index (χ0n) is 6.73. The minimum atomic E-state index is -0.723. The first-order chi connectivity index (χ1) is 5.79. The number of piperidine rings is 1. The molecule has 1 aliphatic carbocycles. The summed E-state index contributed by atoms with van der Waals surface area (Å²) < 4.78 is 0. The second-order valence-electron chi connectivity index (χ2n) is 4.05. The average Bonchev–Trinajstić information content (AvgIpc) is 2.77. The lowest BCUT2D eigenvalue weighted by Crippen LogP contribution is -2.56. The molecule has 0 unspecified atom stereocenters. The molecule has 0 radical (unpaired) electrons. The smallest absolute Gasteiger partial charge is 0.407 e.